The molecule has 2 heterocycles. The van der Waals surface area contributed by atoms with E-state index in [0.29, 0.717) is 0 Å². The molecule has 92 valence electrons. The number of fused-ring (bicyclic) bond motifs is 1. The van der Waals surface area contributed by atoms with Crippen LogP contribution in [0.5, 0.6) is 0 Å². The van der Waals surface area contributed by atoms with Crippen molar-refractivity contribution < 1.29 is 0 Å². The van der Waals surface area contributed by atoms with Gasteiger partial charge in [-0.1, -0.05) is 12.1 Å². The first-order chi connectivity index (χ1) is 8.75. The van der Waals surface area contributed by atoms with E-state index in [-0.39, 0.29) is 0 Å². The molecule has 0 aliphatic carbocycles. The first-order valence-corrected chi connectivity index (χ1v) is 6.61. The lowest BCUT2D eigenvalue weighted by molar-refractivity contribution is 0.719. The number of hydrogen-bond donors (Lipinski definition) is 1. The maximum atomic E-state index is 6.00. The highest BCUT2D eigenvalue weighted by Gasteiger charge is 2.20. The topological polar surface area (TPSA) is 55.0 Å². The van der Waals surface area contributed by atoms with Crippen LogP contribution >= 0.6 is 15.9 Å². The van der Waals surface area contributed by atoms with E-state index in [1.165, 1.54) is 11.1 Å². The Balaban J connectivity index is 1.94. The molecule has 18 heavy (non-hydrogen) atoms. The SMILES string of the molecule is Nc1cccc2c1CCN(c1ncncc1Br)C2. The Kier molecular flexibility index (Phi) is 2.91. The zero-order valence-corrected chi connectivity index (χ0v) is 11.4. The lowest BCUT2D eigenvalue weighted by Gasteiger charge is -2.30. The standard InChI is InChI=1S/C13H13BrN4/c14-11-6-16-8-17-13(11)18-5-4-10-9(7-18)2-1-3-12(10)15/h1-3,6,8H,4-5,7,15H2. The monoisotopic (exact) mass is 304 g/mol. The molecule has 2 aromatic rings. The fourth-order valence-corrected chi connectivity index (χ4v) is 2.83. The van der Waals surface area contributed by atoms with Crippen molar-refractivity contribution in [2.75, 3.05) is 17.2 Å². The van der Waals surface area contributed by atoms with Crippen LogP contribution in [0.1, 0.15) is 11.1 Å². The van der Waals surface area contributed by atoms with Crippen LogP contribution in [-0.4, -0.2) is 16.5 Å². The summed E-state index contributed by atoms with van der Waals surface area (Å²) in [4.78, 5) is 10.6. The smallest absolute Gasteiger partial charge is 0.146 e. The minimum absolute atomic E-state index is 0.843. The highest BCUT2D eigenvalue weighted by Crippen LogP contribution is 2.29. The van der Waals surface area contributed by atoms with Gasteiger partial charge in [-0.2, -0.15) is 0 Å². The van der Waals surface area contributed by atoms with Gasteiger partial charge >= 0.3 is 0 Å². The van der Waals surface area contributed by atoms with Crippen molar-refractivity contribution in [1.29, 1.82) is 0 Å². The molecule has 0 atom stereocenters. The van der Waals surface area contributed by atoms with E-state index >= 15 is 0 Å². The summed E-state index contributed by atoms with van der Waals surface area (Å²) in [7, 11) is 0. The van der Waals surface area contributed by atoms with Crippen LogP contribution in [0.15, 0.2) is 35.2 Å². The molecule has 4 nitrogen and oxygen atoms in total. The van der Waals surface area contributed by atoms with E-state index in [9.17, 15) is 0 Å². The van der Waals surface area contributed by atoms with Gasteiger partial charge in [0.1, 0.15) is 12.1 Å². The number of anilines is 2. The minimum atomic E-state index is 0.843. The van der Waals surface area contributed by atoms with E-state index in [4.69, 9.17) is 5.73 Å². The van der Waals surface area contributed by atoms with Gasteiger partial charge < -0.3 is 10.6 Å². The summed E-state index contributed by atoms with van der Waals surface area (Å²) in [6.45, 7) is 1.77. The average Bonchev–Trinajstić information content (AvgIpc) is 2.39. The molecule has 1 aromatic carbocycles. The van der Waals surface area contributed by atoms with Crippen molar-refractivity contribution in [2.24, 2.45) is 0 Å². The van der Waals surface area contributed by atoms with E-state index in [0.717, 1.165) is 35.5 Å². The number of aromatic nitrogens is 2. The number of rotatable bonds is 1. The molecule has 0 unspecified atom stereocenters. The zero-order valence-electron chi connectivity index (χ0n) is 9.81. The van der Waals surface area contributed by atoms with Gasteiger partial charge in [-0.15, -0.1) is 0 Å². The largest absolute Gasteiger partial charge is 0.398 e. The van der Waals surface area contributed by atoms with Crippen LogP contribution in [0.3, 0.4) is 0 Å². The van der Waals surface area contributed by atoms with Crippen molar-refractivity contribution in [2.45, 2.75) is 13.0 Å². The summed E-state index contributed by atoms with van der Waals surface area (Å²) in [6.07, 6.45) is 4.31. The Labute approximate surface area is 114 Å². The second-order valence-corrected chi connectivity index (χ2v) is 5.21. The maximum absolute atomic E-state index is 6.00. The molecule has 0 spiro atoms. The zero-order chi connectivity index (χ0) is 12.5. The Bertz CT molecular complexity index is 585. The fourth-order valence-electron chi connectivity index (χ4n) is 2.36. The van der Waals surface area contributed by atoms with Gasteiger partial charge in [-0.3, -0.25) is 0 Å². The van der Waals surface area contributed by atoms with Crippen LogP contribution in [0.2, 0.25) is 0 Å². The summed E-state index contributed by atoms with van der Waals surface area (Å²) < 4.78 is 0.928. The second-order valence-electron chi connectivity index (χ2n) is 4.35. The second kappa shape index (κ2) is 4.57. The number of nitrogen functional groups attached to an aromatic ring is 1. The Hall–Kier alpha value is -1.62. The highest BCUT2D eigenvalue weighted by atomic mass is 79.9. The first-order valence-electron chi connectivity index (χ1n) is 5.82. The predicted molar refractivity (Wildman–Crippen MR) is 75.3 cm³/mol. The van der Waals surface area contributed by atoms with Crippen LogP contribution < -0.4 is 10.6 Å². The number of benzene rings is 1. The molecule has 5 heteroatoms. The van der Waals surface area contributed by atoms with Crippen molar-refractivity contribution in [1.82, 2.24) is 9.97 Å². The molecule has 0 bridgehead atoms. The van der Waals surface area contributed by atoms with Crippen LogP contribution in [0.25, 0.3) is 0 Å². The molecule has 0 amide bonds. The predicted octanol–water partition coefficient (Wildman–Crippen LogP) is 2.38. The molecule has 0 saturated carbocycles. The number of hydrogen-bond acceptors (Lipinski definition) is 4. The Morgan fingerprint density at radius 1 is 1.33 bits per heavy atom. The summed E-state index contributed by atoms with van der Waals surface area (Å²) >= 11 is 3.49. The summed E-state index contributed by atoms with van der Waals surface area (Å²) in [6, 6.07) is 6.11. The molecule has 3 rings (SSSR count). The molecule has 1 aliphatic heterocycles. The third-order valence-electron chi connectivity index (χ3n) is 3.25. The number of nitrogens with zero attached hydrogens (tertiary/aromatic N) is 3. The summed E-state index contributed by atoms with van der Waals surface area (Å²) in [5, 5.41) is 0. The van der Waals surface area contributed by atoms with Gasteiger partial charge in [0.15, 0.2) is 0 Å². The lowest BCUT2D eigenvalue weighted by Crippen LogP contribution is -2.31. The Morgan fingerprint density at radius 3 is 3.06 bits per heavy atom. The first kappa shape index (κ1) is 11.5. The van der Waals surface area contributed by atoms with Crippen molar-refractivity contribution >= 4 is 27.4 Å². The third-order valence-corrected chi connectivity index (χ3v) is 3.81. The van der Waals surface area contributed by atoms with Crippen LogP contribution in [0.4, 0.5) is 11.5 Å². The molecule has 1 aliphatic rings. The quantitative estimate of drug-likeness (QED) is 0.822. The number of halogens is 1. The van der Waals surface area contributed by atoms with Gasteiger partial charge in [0.05, 0.1) is 4.47 Å². The minimum Gasteiger partial charge on any atom is -0.398 e. The molecular formula is C13H13BrN4. The normalized spacial score (nSPS) is 14.4. The molecule has 0 saturated heterocycles. The van der Waals surface area contributed by atoms with E-state index < -0.39 is 0 Å². The summed E-state index contributed by atoms with van der Waals surface area (Å²) in [5.74, 6) is 0.943. The third kappa shape index (κ3) is 1.95. The molecule has 0 radical (unpaired) electrons. The Morgan fingerprint density at radius 2 is 2.22 bits per heavy atom. The van der Waals surface area contributed by atoms with Crippen molar-refractivity contribution in [3.63, 3.8) is 0 Å². The van der Waals surface area contributed by atoms with Crippen LogP contribution in [-0.2, 0) is 13.0 Å². The molecule has 2 N–H and O–H groups in total. The van der Waals surface area contributed by atoms with E-state index in [2.05, 4.69) is 36.9 Å². The summed E-state index contributed by atoms with van der Waals surface area (Å²) in [5.41, 5.74) is 9.46. The van der Waals surface area contributed by atoms with E-state index in [1.54, 1.807) is 12.5 Å². The van der Waals surface area contributed by atoms with Gasteiger partial charge in [-0.25, -0.2) is 9.97 Å². The van der Waals surface area contributed by atoms with Crippen LogP contribution in [0, 0.1) is 0 Å². The average molecular weight is 305 g/mol. The fraction of sp³-hybridized carbons (Fsp3) is 0.231. The van der Waals surface area contributed by atoms with Crippen molar-refractivity contribution in [3.05, 3.63) is 46.3 Å². The lowest BCUT2D eigenvalue weighted by atomic mass is 9.98. The van der Waals surface area contributed by atoms with Gasteiger partial charge in [-0.05, 0) is 39.5 Å². The molecular weight excluding hydrogens is 292 g/mol. The molecule has 0 fully saturated rings. The van der Waals surface area contributed by atoms with Gasteiger partial charge in [0.25, 0.3) is 0 Å². The highest BCUT2D eigenvalue weighted by molar-refractivity contribution is 9.10. The van der Waals surface area contributed by atoms with E-state index in [1.807, 2.05) is 12.1 Å². The van der Waals surface area contributed by atoms with Gasteiger partial charge in [0, 0.05) is 25.0 Å². The number of nitrogens with two attached hydrogens (primary N) is 1. The van der Waals surface area contributed by atoms with Gasteiger partial charge in [0.2, 0.25) is 0 Å². The maximum Gasteiger partial charge on any atom is 0.146 e. The van der Waals surface area contributed by atoms with Crippen molar-refractivity contribution in [3.8, 4) is 0 Å². The molecule has 1 aromatic heterocycles.